The number of urea groups is 1. The molecule has 1 aliphatic heterocycles. The smallest absolute Gasteiger partial charge is 0.326 e. The normalized spacial score (nSPS) is 19.1. The number of likely N-dealkylation sites (tertiary alicyclic amines) is 1. The van der Waals surface area contributed by atoms with Gasteiger partial charge in [0.25, 0.3) is 0 Å². The molecule has 238 valence electrons. The van der Waals surface area contributed by atoms with Gasteiger partial charge in [0.1, 0.15) is 18.1 Å². The molecule has 1 saturated heterocycles. The van der Waals surface area contributed by atoms with E-state index in [-0.39, 0.29) is 30.5 Å². The molecule has 1 unspecified atom stereocenters. The minimum Gasteiger partial charge on any atom is -0.480 e. The van der Waals surface area contributed by atoms with Crippen LogP contribution in [-0.4, -0.2) is 69.0 Å². The van der Waals surface area contributed by atoms with Crippen LogP contribution in [0.1, 0.15) is 97.7 Å². The third-order valence-electron chi connectivity index (χ3n) is 8.51. The lowest BCUT2D eigenvalue weighted by Crippen LogP contribution is -2.59. The summed E-state index contributed by atoms with van der Waals surface area (Å²) in [6.07, 6.45) is 5.87. The molecule has 0 bridgehead atoms. The van der Waals surface area contributed by atoms with Crippen molar-refractivity contribution in [3.8, 4) is 0 Å². The van der Waals surface area contributed by atoms with Crippen molar-refractivity contribution in [3.05, 3.63) is 35.5 Å². The van der Waals surface area contributed by atoms with Crippen LogP contribution in [0.5, 0.6) is 0 Å². The number of aryl methyl sites for hydroxylation is 1. The van der Waals surface area contributed by atoms with Gasteiger partial charge in [-0.05, 0) is 69.9 Å². The number of hydrogen-bond donors (Lipinski definition) is 5. The van der Waals surface area contributed by atoms with E-state index in [0.29, 0.717) is 25.7 Å². The summed E-state index contributed by atoms with van der Waals surface area (Å²) in [6.45, 7) is 12.0. The van der Waals surface area contributed by atoms with Crippen LogP contribution in [0.15, 0.2) is 24.3 Å². The lowest BCUT2D eigenvalue weighted by atomic mass is 9.97. The largest absolute Gasteiger partial charge is 0.480 e. The molecular formula is C33H51N5O5. The second-order valence-electron chi connectivity index (χ2n) is 12.5. The highest BCUT2D eigenvalue weighted by atomic mass is 16.4. The summed E-state index contributed by atoms with van der Waals surface area (Å²) < 4.78 is 0. The van der Waals surface area contributed by atoms with Gasteiger partial charge in [0.2, 0.25) is 11.8 Å². The summed E-state index contributed by atoms with van der Waals surface area (Å²) in [5.41, 5.74) is 2.79. The number of hydrogen-bond acceptors (Lipinski definition) is 4. The Balaban J connectivity index is 1.91. The standard InChI is InChI=1S/C33H51N5O5/c1-7-9-16-27(32(41)42)35-31(40)29(19-24-23-15-10-11-17-26(23)34-25(24)8-2)36-30(39)28(18-20(3)4)37-33(43)38-21(5)13-12-14-22(38)6/h10-11,15,17,20-22,27-29,34H,7-9,12-14,16,18-19H2,1-6H3,(H,35,40)(H,36,39)(H,37,43)(H,41,42)/t21-,22+,27-,28?,29+/m0/s1. The molecule has 0 saturated carbocycles. The number of H-pyrrole nitrogens is 1. The Kier molecular flexibility index (Phi) is 12.5. The van der Waals surface area contributed by atoms with Gasteiger partial charge in [-0.3, -0.25) is 9.59 Å². The van der Waals surface area contributed by atoms with Gasteiger partial charge in [0.05, 0.1) is 0 Å². The van der Waals surface area contributed by atoms with Gasteiger partial charge in [0.15, 0.2) is 0 Å². The Labute approximate surface area is 255 Å². The van der Waals surface area contributed by atoms with Crippen molar-refractivity contribution in [3.63, 3.8) is 0 Å². The highest BCUT2D eigenvalue weighted by Gasteiger charge is 2.34. The SMILES string of the molecule is CCCC[C@H](NC(=O)[C@@H](Cc1c(CC)[nH]c2ccccc12)NC(=O)C(CC(C)C)NC(=O)N1[C@H](C)CCC[C@@H]1C)C(=O)O. The van der Waals surface area contributed by atoms with E-state index in [9.17, 15) is 24.3 Å². The van der Waals surface area contributed by atoms with E-state index in [4.69, 9.17) is 0 Å². The molecule has 43 heavy (non-hydrogen) atoms. The predicted octanol–water partition coefficient (Wildman–Crippen LogP) is 4.90. The number of piperidine rings is 1. The number of carboxylic acid groups (broad SMARTS) is 1. The Morgan fingerprint density at radius 2 is 1.58 bits per heavy atom. The Morgan fingerprint density at radius 1 is 0.953 bits per heavy atom. The van der Waals surface area contributed by atoms with Crippen LogP contribution in [0.3, 0.4) is 0 Å². The molecule has 3 rings (SSSR count). The number of aliphatic carboxylic acids is 1. The number of carbonyl (C=O) groups is 4. The molecule has 2 heterocycles. The summed E-state index contributed by atoms with van der Waals surface area (Å²) in [4.78, 5) is 58.2. The molecule has 1 aromatic carbocycles. The van der Waals surface area contributed by atoms with Crippen molar-refractivity contribution in [2.45, 2.75) is 130 Å². The maximum atomic E-state index is 13.9. The quantitative estimate of drug-likeness (QED) is 0.210. The first-order valence-electron chi connectivity index (χ1n) is 16.0. The molecular weight excluding hydrogens is 546 g/mol. The second-order valence-corrected chi connectivity index (χ2v) is 12.5. The summed E-state index contributed by atoms with van der Waals surface area (Å²) >= 11 is 0. The number of carboxylic acids is 1. The molecule has 2 aromatic rings. The second kappa shape index (κ2) is 15.8. The number of carbonyl (C=O) groups excluding carboxylic acids is 3. The molecule has 0 spiro atoms. The van der Waals surface area contributed by atoms with Crippen molar-refractivity contribution >= 4 is 34.7 Å². The van der Waals surface area contributed by atoms with Gasteiger partial charge in [0, 0.05) is 35.1 Å². The first-order chi connectivity index (χ1) is 20.5. The molecule has 10 heteroatoms. The van der Waals surface area contributed by atoms with Crippen LogP contribution in [0.2, 0.25) is 0 Å². The maximum absolute atomic E-state index is 13.9. The number of unbranched alkanes of at least 4 members (excludes halogenated alkanes) is 1. The number of nitrogens with one attached hydrogen (secondary N) is 4. The third-order valence-corrected chi connectivity index (χ3v) is 8.51. The van der Waals surface area contributed by atoms with Crippen LogP contribution >= 0.6 is 0 Å². The zero-order valence-corrected chi connectivity index (χ0v) is 26.7. The number of aromatic nitrogens is 1. The molecule has 10 nitrogen and oxygen atoms in total. The summed E-state index contributed by atoms with van der Waals surface area (Å²) in [6, 6.07) is 4.69. The molecule has 1 aliphatic rings. The molecule has 0 aliphatic carbocycles. The van der Waals surface area contributed by atoms with Gasteiger partial charge in [-0.25, -0.2) is 9.59 Å². The van der Waals surface area contributed by atoms with Crippen molar-refractivity contribution in [1.82, 2.24) is 25.8 Å². The van der Waals surface area contributed by atoms with E-state index in [1.54, 1.807) is 0 Å². The van der Waals surface area contributed by atoms with E-state index in [0.717, 1.165) is 47.8 Å². The minimum absolute atomic E-state index is 0.0652. The Bertz CT molecular complexity index is 1250. The fourth-order valence-corrected chi connectivity index (χ4v) is 6.16. The van der Waals surface area contributed by atoms with Gasteiger partial charge in [-0.1, -0.05) is 58.7 Å². The van der Waals surface area contributed by atoms with Crippen molar-refractivity contribution in [1.29, 1.82) is 0 Å². The first kappa shape index (κ1) is 33.9. The number of aromatic amines is 1. The van der Waals surface area contributed by atoms with Crippen molar-refractivity contribution in [2.75, 3.05) is 0 Å². The van der Waals surface area contributed by atoms with Crippen LogP contribution in [0, 0.1) is 5.92 Å². The van der Waals surface area contributed by atoms with Crippen molar-refractivity contribution < 1.29 is 24.3 Å². The maximum Gasteiger partial charge on any atom is 0.326 e. The molecule has 5 N–H and O–H groups in total. The van der Waals surface area contributed by atoms with Gasteiger partial charge in [-0.15, -0.1) is 0 Å². The highest BCUT2D eigenvalue weighted by Crippen LogP contribution is 2.25. The lowest BCUT2D eigenvalue weighted by molar-refractivity contribution is -0.142. The number of amides is 4. The molecule has 5 atom stereocenters. The molecule has 4 amide bonds. The van der Waals surface area contributed by atoms with E-state index in [2.05, 4.69) is 20.9 Å². The number of benzene rings is 1. The van der Waals surface area contributed by atoms with E-state index in [1.165, 1.54) is 0 Å². The monoisotopic (exact) mass is 597 g/mol. The molecule has 0 radical (unpaired) electrons. The van der Waals surface area contributed by atoms with Gasteiger partial charge >= 0.3 is 12.0 Å². The fourth-order valence-electron chi connectivity index (χ4n) is 6.16. The Hall–Kier alpha value is -3.56. The van der Waals surface area contributed by atoms with Gasteiger partial charge < -0.3 is 30.9 Å². The molecule has 1 aromatic heterocycles. The molecule has 1 fully saturated rings. The predicted molar refractivity (Wildman–Crippen MR) is 169 cm³/mol. The van der Waals surface area contributed by atoms with Crippen LogP contribution < -0.4 is 16.0 Å². The topological polar surface area (TPSA) is 144 Å². The summed E-state index contributed by atoms with van der Waals surface area (Å²) in [5, 5.41) is 19.3. The summed E-state index contributed by atoms with van der Waals surface area (Å²) in [5.74, 6) is -2.02. The number of fused-ring (bicyclic) bond motifs is 1. The average Bonchev–Trinajstić information content (AvgIpc) is 3.31. The van der Waals surface area contributed by atoms with Crippen molar-refractivity contribution in [2.24, 2.45) is 5.92 Å². The van der Waals surface area contributed by atoms with Crippen LogP contribution in [0.25, 0.3) is 10.9 Å². The summed E-state index contributed by atoms with van der Waals surface area (Å²) in [7, 11) is 0. The minimum atomic E-state index is -1.11. The van der Waals surface area contributed by atoms with Crippen LogP contribution in [0.4, 0.5) is 4.79 Å². The van der Waals surface area contributed by atoms with E-state index >= 15 is 0 Å². The number of para-hydroxylation sites is 1. The average molecular weight is 598 g/mol. The zero-order chi connectivity index (χ0) is 31.7. The highest BCUT2D eigenvalue weighted by molar-refractivity contribution is 5.94. The Morgan fingerprint density at radius 3 is 2.19 bits per heavy atom. The first-order valence-corrected chi connectivity index (χ1v) is 16.0. The van der Waals surface area contributed by atoms with Crippen LogP contribution in [-0.2, 0) is 27.2 Å². The lowest BCUT2D eigenvalue weighted by Gasteiger charge is -2.39. The third kappa shape index (κ3) is 8.97. The number of nitrogens with zero attached hydrogens (tertiary/aromatic N) is 1. The van der Waals surface area contributed by atoms with E-state index in [1.807, 2.05) is 70.7 Å². The van der Waals surface area contributed by atoms with E-state index < -0.39 is 35.9 Å². The number of rotatable bonds is 14. The van der Waals surface area contributed by atoms with Gasteiger partial charge in [-0.2, -0.15) is 0 Å². The fraction of sp³-hybridized carbons (Fsp3) is 0.636. The zero-order valence-electron chi connectivity index (χ0n) is 26.7.